The Hall–Kier alpha value is -1.21. The molecule has 0 aliphatic carbocycles. The van der Waals surface area contributed by atoms with Crippen LogP contribution in [-0.4, -0.2) is 15.5 Å². The maximum Gasteiger partial charge on any atom is 0.241 e. The molecule has 0 heterocycles. The van der Waals surface area contributed by atoms with Gasteiger partial charge in [-0.1, -0.05) is 0 Å². The highest BCUT2D eigenvalue weighted by atomic mass is 32.2. The van der Waals surface area contributed by atoms with Gasteiger partial charge >= 0.3 is 0 Å². The van der Waals surface area contributed by atoms with Crippen LogP contribution in [0, 0.1) is 11.6 Å². The number of methoxy groups -OCH3 is 1. The van der Waals surface area contributed by atoms with Gasteiger partial charge in [0.05, 0.1) is 7.11 Å². The molecule has 1 aromatic carbocycles. The first-order chi connectivity index (χ1) is 6.36. The van der Waals surface area contributed by atoms with Crippen molar-refractivity contribution in [2.45, 2.75) is 4.90 Å². The zero-order chi connectivity index (χ0) is 10.9. The Labute approximate surface area is 79.3 Å². The van der Waals surface area contributed by atoms with Gasteiger partial charge in [0.2, 0.25) is 10.0 Å². The molecule has 0 amide bonds. The highest BCUT2D eigenvalue weighted by Gasteiger charge is 2.20. The van der Waals surface area contributed by atoms with E-state index in [-0.39, 0.29) is 0 Å². The Morgan fingerprint density at radius 1 is 1.36 bits per heavy atom. The normalized spacial score (nSPS) is 11.4. The minimum atomic E-state index is -4.20. The van der Waals surface area contributed by atoms with Gasteiger partial charge in [0.1, 0.15) is 10.7 Å². The average Bonchev–Trinajstić information content (AvgIpc) is 2.01. The average molecular weight is 223 g/mol. The number of sulfonamides is 1. The summed E-state index contributed by atoms with van der Waals surface area (Å²) >= 11 is 0. The van der Waals surface area contributed by atoms with E-state index in [0.717, 1.165) is 7.11 Å². The topological polar surface area (TPSA) is 69.4 Å². The van der Waals surface area contributed by atoms with Gasteiger partial charge in [-0.15, -0.1) is 0 Å². The predicted molar refractivity (Wildman–Crippen MR) is 44.3 cm³/mol. The Morgan fingerprint density at radius 3 is 2.36 bits per heavy atom. The summed E-state index contributed by atoms with van der Waals surface area (Å²) in [7, 11) is -3.14. The van der Waals surface area contributed by atoms with Crippen LogP contribution in [0.2, 0.25) is 0 Å². The molecular formula is C7H7F2NO3S. The second-order valence-electron chi connectivity index (χ2n) is 2.46. The van der Waals surface area contributed by atoms with Gasteiger partial charge in [-0.25, -0.2) is 22.3 Å². The summed E-state index contributed by atoms with van der Waals surface area (Å²) in [6, 6.07) is 1.10. The van der Waals surface area contributed by atoms with Crippen molar-refractivity contribution in [3.63, 3.8) is 0 Å². The smallest absolute Gasteiger partial charge is 0.241 e. The van der Waals surface area contributed by atoms with Crippen molar-refractivity contribution in [3.05, 3.63) is 23.8 Å². The molecule has 1 rings (SSSR count). The van der Waals surface area contributed by atoms with Crippen LogP contribution in [0.15, 0.2) is 17.0 Å². The number of hydrogen-bond donors (Lipinski definition) is 1. The Balaban J connectivity index is 3.56. The maximum absolute atomic E-state index is 13.0. The van der Waals surface area contributed by atoms with E-state index < -0.39 is 32.3 Å². The molecule has 0 unspecified atom stereocenters. The van der Waals surface area contributed by atoms with Gasteiger partial charge in [-0.2, -0.15) is 0 Å². The molecule has 0 aliphatic rings. The molecule has 0 aromatic heterocycles. The van der Waals surface area contributed by atoms with E-state index in [4.69, 9.17) is 5.14 Å². The third-order valence-corrected chi connectivity index (χ3v) is 2.40. The van der Waals surface area contributed by atoms with E-state index >= 15 is 0 Å². The molecule has 0 spiro atoms. The lowest BCUT2D eigenvalue weighted by atomic mass is 10.3. The van der Waals surface area contributed by atoms with E-state index in [1.165, 1.54) is 0 Å². The molecule has 0 atom stereocenters. The molecular weight excluding hydrogens is 216 g/mol. The van der Waals surface area contributed by atoms with Crippen molar-refractivity contribution in [1.82, 2.24) is 0 Å². The number of ether oxygens (including phenoxy) is 1. The van der Waals surface area contributed by atoms with Crippen LogP contribution in [0.5, 0.6) is 5.75 Å². The van der Waals surface area contributed by atoms with Crippen LogP contribution in [0.1, 0.15) is 0 Å². The second-order valence-corrected chi connectivity index (χ2v) is 3.99. The summed E-state index contributed by atoms with van der Waals surface area (Å²) in [5.74, 6) is -2.74. The standard InChI is InChI=1S/C7H7F2NO3S/c1-13-7-5(9)2-4(8)3-6(7)14(10,11)12/h2-3H,1H3,(H2,10,11,12). The van der Waals surface area contributed by atoms with E-state index in [2.05, 4.69) is 4.74 Å². The van der Waals surface area contributed by atoms with Crippen LogP contribution in [0.3, 0.4) is 0 Å². The van der Waals surface area contributed by atoms with E-state index in [1.54, 1.807) is 0 Å². The third-order valence-electron chi connectivity index (χ3n) is 1.48. The molecule has 0 fully saturated rings. The van der Waals surface area contributed by atoms with Crippen molar-refractivity contribution < 1.29 is 21.9 Å². The molecule has 7 heteroatoms. The lowest BCUT2D eigenvalue weighted by Crippen LogP contribution is -2.14. The van der Waals surface area contributed by atoms with Crippen molar-refractivity contribution in [1.29, 1.82) is 0 Å². The first-order valence-corrected chi connectivity index (χ1v) is 4.96. The summed E-state index contributed by atoms with van der Waals surface area (Å²) in [5.41, 5.74) is 0. The van der Waals surface area contributed by atoms with Crippen LogP contribution in [0.25, 0.3) is 0 Å². The predicted octanol–water partition coefficient (Wildman–Crippen LogP) is 0.621. The Kier molecular flexibility index (Phi) is 2.72. The van der Waals surface area contributed by atoms with E-state index in [9.17, 15) is 17.2 Å². The third kappa shape index (κ3) is 1.99. The van der Waals surface area contributed by atoms with Crippen LogP contribution >= 0.6 is 0 Å². The zero-order valence-corrected chi connectivity index (χ0v) is 7.94. The molecule has 0 radical (unpaired) electrons. The monoisotopic (exact) mass is 223 g/mol. The number of benzene rings is 1. The minimum absolute atomic E-state index is 0.507. The molecule has 0 bridgehead atoms. The van der Waals surface area contributed by atoms with Gasteiger partial charge in [0, 0.05) is 6.07 Å². The Bertz CT molecular complexity index is 458. The lowest BCUT2D eigenvalue weighted by Gasteiger charge is -2.07. The molecule has 78 valence electrons. The number of primary sulfonamides is 1. The first-order valence-electron chi connectivity index (χ1n) is 3.42. The van der Waals surface area contributed by atoms with Crippen LogP contribution in [-0.2, 0) is 10.0 Å². The summed E-state index contributed by atoms with van der Waals surface area (Å²) in [6.45, 7) is 0. The lowest BCUT2D eigenvalue weighted by molar-refractivity contribution is 0.371. The molecule has 2 N–H and O–H groups in total. The van der Waals surface area contributed by atoms with Crippen molar-refractivity contribution >= 4 is 10.0 Å². The highest BCUT2D eigenvalue weighted by molar-refractivity contribution is 7.89. The molecule has 0 saturated heterocycles. The van der Waals surface area contributed by atoms with Gasteiger partial charge in [-0.05, 0) is 6.07 Å². The van der Waals surface area contributed by atoms with Gasteiger partial charge < -0.3 is 4.74 Å². The number of halogens is 2. The minimum Gasteiger partial charge on any atom is -0.492 e. The molecule has 1 aromatic rings. The number of hydrogen-bond acceptors (Lipinski definition) is 3. The highest BCUT2D eigenvalue weighted by Crippen LogP contribution is 2.26. The summed E-state index contributed by atoms with van der Waals surface area (Å²) in [4.78, 5) is -0.711. The number of rotatable bonds is 2. The van der Waals surface area contributed by atoms with Crippen molar-refractivity contribution in [2.24, 2.45) is 5.14 Å². The van der Waals surface area contributed by atoms with E-state index in [0.29, 0.717) is 12.1 Å². The fourth-order valence-electron chi connectivity index (χ4n) is 0.946. The summed E-state index contributed by atoms with van der Waals surface area (Å²) < 4.78 is 51.8. The van der Waals surface area contributed by atoms with Gasteiger partial charge in [-0.3, -0.25) is 0 Å². The quantitative estimate of drug-likeness (QED) is 0.799. The summed E-state index contributed by atoms with van der Waals surface area (Å²) in [6.07, 6.45) is 0. The SMILES string of the molecule is COc1c(F)cc(F)cc1S(N)(=O)=O. The molecule has 0 aliphatic heterocycles. The van der Waals surface area contributed by atoms with Gasteiger partial charge in [0.25, 0.3) is 0 Å². The zero-order valence-electron chi connectivity index (χ0n) is 7.12. The van der Waals surface area contributed by atoms with Crippen LogP contribution < -0.4 is 9.88 Å². The van der Waals surface area contributed by atoms with E-state index in [1.807, 2.05) is 0 Å². The molecule has 14 heavy (non-hydrogen) atoms. The van der Waals surface area contributed by atoms with Crippen LogP contribution in [0.4, 0.5) is 8.78 Å². The fraction of sp³-hybridized carbons (Fsp3) is 0.143. The summed E-state index contributed by atoms with van der Waals surface area (Å²) in [5, 5.41) is 4.73. The number of nitrogens with two attached hydrogens (primary N) is 1. The Morgan fingerprint density at radius 2 is 1.93 bits per heavy atom. The first kappa shape index (κ1) is 10.9. The second kappa shape index (κ2) is 3.50. The largest absolute Gasteiger partial charge is 0.492 e. The van der Waals surface area contributed by atoms with Gasteiger partial charge in [0.15, 0.2) is 11.6 Å². The van der Waals surface area contributed by atoms with Crippen molar-refractivity contribution in [3.8, 4) is 5.75 Å². The maximum atomic E-state index is 13.0. The molecule has 4 nitrogen and oxygen atoms in total. The van der Waals surface area contributed by atoms with Crippen molar-refractivity contribution in [2.75, 3.05) is 7.11 Å². The molecule has 0 saturated carbocycles. The fourth-order valence-corrected chi connectivity index (χ4v) is 1.66.